The number of ketones is 2. The van der Waals surface area contributed by atoms with E-state index in [0.717, 1.165) is 0 Å². The molecule has 15 heavy (non-hydrogen) atoms. The summed E-state index contributed by atoms with van der Waals surface area (Å²) in [6.45, 7) is 7.21. The standard InChI is InChI=1S/2C5H9O.CH4.2Y/c2*1-3-5(6)4-2;;;/h2*3H,4H2,1-2H3;1H4;;/q2*-1;;;. The van der Waals surface area contributed by atoms with E-state index < -0.39 is 0 Å². The zero-order valence-electron chi connectivity index (χ0n) is 9.54. The summed E-state index contributed by atoms with van der Waals surface area (Å²) < 4.78 is 0. The third kappa shape index (κ3) is 31.3. The van der Waals surface area contributed by atoms with Crippen LogP contribution in [0.3, 0.4) is 0 Å². The van der Waals surface area contributed by atoms with Crippen molar-refractivity contribution in [3.8, 4) is 0 Å². The van der Waals surface area contributed by atoms with E-state index in [1.54, 1.807) is 26.7 Å². The van der Waals surface area contributed by atoms with E-state index in [9.17, 15) is 9.59 Å². The Kier molecular flexibility index (Phi) is 48.8. The van der Waals surface area contributed by atoms with Gasteiger partial charge in [0, 0.05) is 65.4 Å². The fraction of sp³-hybridized carbons (Fsp3) is 0.636. The minimum atomic E-state index is 0. The molecule has 4 heteroatoms. The molecule has 0 N–H and O–H groups in total. The number of Topliss-reactive ketones (excluding diaryl/α,β-unsaturated/α-hetero) is 2. The molecule has 0 aromatic heterocycles. The predicted molar refractivity (Wildman–Crippen MR) is 57.3 cm³/mol. The van der Waals surface area contributed by atoms with E-state index in [1.165, 1.54) is 0 Å². The van der Waals surface area contributed by atoms with Gasteiger partial charge in [-0.3, -0.25) is 0 Å². The van der Waals surface area contributed by atoms with Gasteiger partial charge in [0.2, 0.25) is 0 Å². The van der Waals surface area contributed by atoms with Crippen LogP contribution >= 0.6 is 0 Å². The van der Waals surface area contributed by atoms with Crippen molar-refractivity contribution in [2.24, 2.45) is 0 Å². The van der Waals surface area contributed by atoms with Gasteiger partial charge in [-0.2, -0.15) is 13.8 Å². The average molecular weight is 364 g/mol. The summed E-state index contributed by atoms with van der Waals surface area (Å²) in [5.41, 5.74) is 0. The maximum Gasteiger partial charge on any atom is 0 e. The minimum absolute atomic E-state index is 0. The molecule has 0 fully saturated rings. The van der Waals surface area contributed by atoms with Crippen molar-refractivity contribution in [2.45, 2.75) is 48.0 Å². The quantitative estimate of drug-likeness (QED) is 0.719. The van der Waals surface area contributed by atoms with Crippen molar-refractivity contribution in [1.82, 2.24) is 0 Å². The summed E-state index contributed by atoms with van der Waals surface area (Å²) in [7, 11) is 0. The van der Waals surface area contributed by atoms with E-state index in [0.29, 0.717) is 12.8 Å². The molecule has 0 aliphatic carbocycles. The van der Waals surface area contributed by atoms with Gasteiger partial charge in [-0.1, -0.05) is 21.3 Å². The van der Waals surface area contributed by atoms with Crippen molar-refractivity contribution in [3.05, 3.63) is 12.8 Å². The molecule has 0 aromatic carbocycles. The van der Waals surface area contributed by atoms with E-state index in [2.05, 4.69) is 0 Å². The summed E-state index contributed by atoms with van der Waals surface area (Å²) in [6, 6.07) is 0. The van der Waals surface area contributed by atoms with Crippen LogP contribution in [0, 0.1) is 12.8 Å². The topological polar surface area (TPSA) is 34.1 Å². The maximum absolute atomic E-state index is 10.1. The van der Waals surface area contributed by atoms with Crippen LogP contribution in [0.25, 0.3) is 0 Å². The fourth-order valence-electron chi connectivity index (χ4n) is 0.408. The molecule has 0 bridgehead atoms. The van der Waals surface area contributed by atoms with Crippen LogP contribution in [-0.4, -0.2) is 11.6 Å². The van der Waals surface area contributed by atoms with E-state index in [1.807, 2.05) is 13.8 Å². The van der Waals surface area contributed by atoms with Crippen LogP contribution in [-0.2, 0) is 75.0 Å². The van der Waals surface area contributed by atoms with Crippen molar-refractivity contribution < 1.29 is 75.0 Å². The number of carbonyl (C=O) groups excluding carboxylic acids is 2. The van der Waals surface area contributed by atoms with Gasteiger partial charge in [0.05, 0.1) is 0 Å². The first-order valence-electron chi connectivity index (χ1n) is 4.26. The smallest absolute Gasteiger partial charge is 0 e. The van der Waals surface area contributed by atoms with Gasteiger partial charge in [0.25, 0.3) is 0 Å². The minimum Gasteiger partial charge on any atom is -0.334 e. The molecule has 0 aromatic rings. The summed E-state index contributed by atoms with van der Waals surface area (Å²) >= 11 is 0. The van der Waals surface area contributed by atoms with Gasteiger partial charge in [-0.25, -0.2) is 0 Å². The number of hydrogen-bond acceptors (Lipinski definition) is 2. The Morgan fingerprint density at radius 3 is 1.07 bits per heavy atom. The molecule has 0 saturated heterocycles. The molecule has 0 heterocycles. The molecule has 2 radical (unpaired) electrons. The molecule has 86 valence electrons. The van der Waals surface area contributed by atoms with E-state index in [-0.39, 0.29) is 84.4 Å². The Morgan fingerprint density at radius 1 is 0.867 bits per heavy atom. The normalized spacial score (nSPS) is 6.13. The Bertz CT molecular complexity index is 109. The predicted octanol–water partition coefficient (Wildman–Crippen LogP) is 3.01. The number of rotatable bonds is 4. The largest absolute Gasteiger partial charge is 0.334 e. The zero-order chi connectivity index (χ0) is 9.98. The molecule has 2 nitrogen and oxygen atoms in total. The maximum atomic E-state index is 10.1. The summed E-state index contributed by atoms with van der Waals surface area (Å²) in [5.74, 6) is 0.435. The van der Waals surface area contributed by atoms with Crippen LogP contribution < -0.4 is 0 Å². The zero-order valence-corrected chi connectivity index (χ0v) is 15.2. The van der Waals surface area contributed by atoms with Gasteiger partial charge in [-0.15, -0.1) is 0 Å². The monoisotopic (exact) mass is 364 g/mol. The van der Waals surface area contributed by atoms with Gasteiger partial charge in [-0.05, 0) is 24.4 Å². The second kappa shape index (κ2) is 24.5. The first kappa shape index (κ1) is 29.9. The van der Waals surface area contributed by atoms with Crippen LogP contribution in [0.4, 0.5) is 0 Å². The van der Waals surface area contributed by atoms with Gasteiger partial charge in [0.1, 0.15) is 0 Å². The van der Waals surface area contributed by atoms with E-state index in [4.69, 9.17) is 0 Å². The first-order valence-corrected chi connectivity index (χ1v) is 4.26. The Hall–Kier alpha value is 1.29. The van der Waals surface area contributed by atoms with Crippen LogP contribution in [0.1, 0.15) is 48.0 Å². The van der Waals surface area contributed by atoms with E-state index >= 15 is 0 Å². The first-order chi connectivity index (χ1) is 5.62. The molecule has 0 amide bonds. The van der Waals surface area contributed by atoms with Gasteiger partial charge in [0.15, 0.2) is 0 Å². The second-order valence-corrected chi connectivity index (χ2v) is 2.22. The van der Waals surface area contributed by atoms with Crippen LogP contribution in [0.5, 0.6) is 0 Å². The van der Waals surface area contributed by atoms with Crippen LogP contribution in [0.2, 0.25) is 0 Å². The van der Waals surface area contributed by atoms with Crippen molar-refractivity contribution in [2.75, 3.05) is 0 Å². The third-order valence-electron chi connectivity index (χ3n) is 1.34. The molecule has 0 aliphatic rings. The summed E-state index contributed by atoms with van der Waals surface area (Å²) in [6.07, 6.45) is 4.44. The molecule has 0 rings (SSSR count). The number of carbonyl (C=O) groups is 2. The van der Waals surface area contributed by atoms with Gasteiger partial charge < -0.3 is 22.4 Å². The average Bonchev–Trinajstić information content (AvgIpc) is 2.16. The molecule has 0 unspecified atom stereocenters. The second-order valence-electron chi connectivity index (χ2n) is 2.22. The molecule has 0 spiro atoms. The fourth-order valence-corrected chi connectivity index (χ4v) is 0.408. The molecule has 0 saturated carbocycles. The summed E-state index contributed by atoms with van der Waals surface area (Å²) in [4.78, 5) is 20.2. The molecule has 0 atom stereocenters. The van der Waals surface area contributed by atoms with Gasteiger partial charge >= 0.3 is 0 Å². The molecular formula is C11H22O2Y2-2. The Labute approximate surface area is 145 Å². The Balaban J connectivity index is -0.0000000370. The Morgan fingerprint density at radius 2 is 1.07 bits per heavy atom. The van der Waals surface area contributed by atoms with Crippen molar-refractivity contribution in [1.29, 1.82) is 0 Å². The number of hydrogen-bond donors (Lipinski definition) is 0. The van der Waals surface area contributed by atoms with Crippen molar-refractivity contribution >= 4 is 11.6 Å². The summed E-state index contributed by atoms with van der Waals surface area (Å²) in [5, 5.41) is 0. The third-order valence-corrected chi connectivity index (χ3v) is 1.34. The van der Waals surface area contributed by atoms with Crippen LogP contribution in [0.15, 0.2) is 0 Å². The molecular weight excluding hydrogens is 342 g/mol. The van der Waals surface area contributed by atoms with Crippen molar-refractivity contribution in [3.63, 3.8) is 0 Å². The molecule has 0 aliphatic heterocycles. The SMILES string of the molecule is C.C[CH-]C(=O)CC.C[CH-]C(=O)CC.[Y].[Y].